The van der Waals surface area contributed by atoms with Crippen LogP contribution in [0, 0.1) is 0 Å². The zero-order valence-corrected chi connectivity index (χ0v) is 16.8. The second-order valence-corrected chi connectivity index (χ2v) is 6.71. The minimum Gasteiger partial charge on any atom is -0.497 e. The molecule has 27 heavy (non-hydrogen) atoms. The largest absolute Gasteiger partial charge is 0.497 e. The van der Waals surface area contributed by atoms with Crippen LogP contribution in [0.1, 0.15) is 43.0 Å². The lowest BCUT2D eigenvalue weighted by Crippen LogP contribution is -2.37. The third-order valence-corrected chi connectivity index (χ3v) is 4.67. The van der Waals surface area contributed by atoms with Gasteiger partial charge in [-0.2, -0.15) is 0 Å². The van der Waals surface area contributed by atoms with Crippen LogP contribution in [0.5, 0.6) is 5.75 Å². The first-order valence-corrected chi connectivity index (χ1v) is 9.50. The minimum atomic E-state index is -0.159. The van der Waals surface area contributed by atoms with Gasteiger partial charge in [0.1, 0.15) is 5.75 Å². The predicted octanol–water partition coefficient (Wildman–Crippen LogP) is 4.10. The minimum absolute atomic E-state index is 0.0274. The third-order valence-electron chi connectivity index (χ3n) is 4.67. The number of ether oxygens (including phenoxy) is 1. The Labute approximate surface area is 162 Å². The Morgan fingerprint density at radius 3 is 2.44 bits per heavy atom. The highest BCUT2D eigenvalue weighted by atomic mass is 16.5. The Kier molecular flexibility index (Phi) is 8.14. The molecule has 0 heterocycles. The SMILES string of the molecule is CCC(NC(=O)NCc1cccc(CN(C)CC)c1)c1ccc(OC)cc1. The molecule has 0 saturated carbocycles. The molecule has 0 saturated heterocycles. The van der Waals surface area contributed by atoms with Crippen LogP contribution in [0.2, 0.25) is 0 Å². The summed E-state index contributed by atoms with van der Waals surface area (Å²) in [7, 11) is 3.75. The van der Waals surface area contributed by atoms with E-state index in [9.17, 15) is 4.79 Å². The molecule has 0 aliphatic rings. The van der Waals surface area contributed by atoms with Crippen LogP contribution in [0.4, 0.5) is 4.79 Å². The molecule has 2 aromatic rings. The fourth-order valence-electron chi connectivity index (χ4n) is 2.91. The molecule has 0 fully saturated rings. The zero-order chi connectivity index (χ0) is 19.6. The number of nitrogens with zero attached hydrogens (tertiary/aromatic N) is 1. The van der Waals surface area contributed by atoms with Crippen molar-refractivity contribution in [3.63, 3.8) is 0 Å². The molecule has 0 aliphatic heterocycles. The second-order valence-electron chi connectivity index (χ2n) is 6.71. The quantitative estimate of drug-likeness (QED) is 0.700. The van der Waals surface area contributed by atoms with Crippen LogP contribution in [-0.4, -0.2) is 31.6 Å². The summed E-state index contributed by atoms with van der Waals surface area (Å²) in [6, 6.07) is 16.0. The van der Waals surface area contributed by atoms with Crippen LogP contribution < -0.4 is 15.4 Å². The van der Waals surface area contributed by atoms with E-state index in [0.717, 1.165) is 36.4 Å². The summed E-state index contributed by atoms with van der Waals surface area (Å²) < 4.78 is 5.19. The van der Waals surface area contributed by atoms with Crippen molar-refractivity contribution in [1.82, 2.24) is 15.5 Å². The Balaban J connectivity index is 1.89. The first kappa shape index (κ1) is 20.8. The summed E-state index contributed by atoms with van der Waals surface area (Å²) in [5.41, 5.74) is 3.42. The van der Waals surface area contributed by atoms with E-state index < -0.39 is 0 Å². The standard InChI is InChI=1S/C22H31N3O2/c1-5-21(19-10-12-20(27-4)13-11-19)24-22(26)23-15-17-8-7-9-18(14-17)16-25(3)6-2/h7-14,21H,5-6,15-16H2,1-4H3,(H2,23,24,26). The lowest BCUT2D eigenvalue weighted by atomic mass is 10.0. The molecule has 0 aliphatic carbocycles. The number of rotatable bonds is 9. The number of methoxy groups -OCH3 is 1. The molecule has 146 valence electrons. The van der Waals surface area contributed by atoms with Crippen LogP contribution in [0.25, 0.3) is 0 Å². The molecule has 0 aromatic heterocycles. The van der Waals surface area contributed by atoms with Crippen molar-refractivity contribution in [2.45, 2.75) is 39.4 Å². The molecular formula is C22H31N3O2. The van der Waals surface area contributed by atoms with Crippen LogP contribution in [-0.2, 0) is 13.1 Å². The fraction of sp³-hybridized carbons (Fsp3) is 0.409. The highest BCUT2D eigenvalue weighted by Crippen LogP contribution is 2.20. The average Bonchev–Trinajstić information content (AvgIpc) is 2.70. The molecule has 5 nitrogen and oxygen atoms in total. The second kappa shape index (κ2) is 10.6. The summed E-state index contributed by atoms with van der Waals surface area (Å²) in [6.07, 6.45) is 0.818. The number of hydrogen-bond acceptors (Lipinski definition) is 3. The van der Waals surface area contributed by atoms with E-state index in [2.05, 4.69) is 48.6 Å². The van der Waals surface area contributed by atoms with Gasteiger partial charge in [-0.1, -0.05) is 50.2 Å². The predicted molar refractivity (Wildman–Crippen MR) is 110 cm³/mol. The maximum absolute atomic E-state index is 12.3. The van der Waals surface area contributed by atoms with Crippen molar-refractivity contribution in [3.8, 4) is 5.75 Å². The van der Waals surface area contributed by atoms with Gasteiger partial charge in [0.25, 0.3) is 0 Å². The molecule has 1 unspecified atom stereocenters. The molecule has 5 heteroatoms. The number of urea groups is 1. The molecule has 2 rings (SSSR count). The average molecular weight is 370 g/mol. The smallest absolute Gasteiger partial charge is 0.315 e. The fourth-order valence-corrected chi connectivity index (χ4v) is 2.91. The van der Waals surface area contributed by atoms with Crippen molar-refractivity contribution in [2.24, 2.45) is 0 Å². The van der Waals surface area contributed by atoms with Gasteiger partial charge in [-0.3, -0.25) is 0 Å². The van der Waals surface area contributed by atoms with Crippen LogP contribution >= 0.6 is 0 Å². The Morgan fingerprint density at radius 1 is 1.11 bits per heavy atom. The van der Waals surface area contributed by atoms with Crippen molar-refractivity contribution in [1.29, 1.82) is 0 Å². The van der Waals surface area contributed by atoms with Crippen molar-refractivity contribution in [2.75, 3.05) is 20.7 Å². The van der Waals surface area contributed by atoms with E-state index in [1.54, 1.807) is 7.11 Å². The summed E-state index contributed by atoms with van der Waals surface area (Å²) in [4.78, 5) is 14.6. The van der Waals surface area contributed by atoms with Gasteiger partial charge in [-0.25, -0.2) is 4.79 Å². The lowest BCUT2D eigenvalue weighted by molar-refractivity contribution is 0.236. The maximum atomic E-state index is 12.3. The first-order chi connectivity index (χ1) is 13.0. The molecule has 0 spiro atoms. The highest BCUT2D eigenvalue weighted by molar-refractivity contribution is 5.74. The molecule has 2 amide bonds. The van der Waals surface area contributed by atoms with Gasteiger partial charge in [0, 0.05) is 13.1 Å². The maximum Gasteiger partial charge on any atom is 0.315 e. The third kappa shape index (κ3) is 6.61. The molecule has 1 atom stereocenters. The Hall–Kier alpha value is -2.53. The molecule has 0 bridgehead atoms. The van der Waals surface area contributed by atoms with Gasteiger partial charge in [0.15, 0.2) is 0 Å². The van der Waals surface area contributed by atoms with E-state index in [1.165, 1.54) is 5.56 Å². The van der Waals surface area contributed by atoms with Gasteiger partial charge in [-0.05, 0) is 48.8 Å². The monoisotopic (exact) mass is 369 g/mol. The molecular weight excluding hydrogens is 338 g/mol. The summed E-state index contributed by atoms with van der Waals surface area (Å²) >= 11 is 0. The number of carbonyl (C=O) groups is 1. The molecule has 2 N–H and O–H groups in total. The van der Waals surface area contributed by atoms with Crippen molar-refractivity contribution >= 4 is 6.03 Å². The first-order valence-electron chi connectivity index (χ1n) is 9.50. The number of hydrogen-bond donors (Lipinski definition) is 2. The Bertz CT molecular complexity index is 716. The van der Waals surface area contributed by atoms with Gasteiger partial charge in [0.05, 0.1) is 13.2 Å². The topological polar surface area (TPSA) is 53.6 Å². The van der Waals surface area contributed by atoms with E-state index in [4.69, 9.17) is 4.74 Å². The summed E-state index contributed by atoms with van der Waals surface area (Å²) in [5, 5.41) is 6.01. The van der Waals surface area contributed by atoms with E-state index in [-0.39, 0.29) is 12.1 Å². The van der Waals surface area contributed by atoms with Gasteiger partial charge >= 0.3 is 6.03 Å². The van der Waals surface area contributed by atoms with E-state index >= 15 is 0 Å². The lowest BCUT2D eigenvalue weighted by Gasteiger charge is -2.18. The number of benzene rings is 2. The number of nitrogens with one attached hydrogen (secondary N) is 2. The normalized spacial score (nSPS) is 11.9. The highest BCUT2D eigenvalue weighted by Gasteiger charge is 2.12. The van der Waals surface area contributed by atoms with Crippen molar-refractivity contribution < 1.29 is 9.53 Å². The molecule has 0 radical (unpaired) electrons. The Morgan fingerprint density at radius 2 is 1.81 bits per heavy atom. The van der Waals surface area contributed by atoms with Gasteiger partial charge < -0.3 is 20.3 Å². The number of carbonyl (C=O) groups excluding carboxylic acids is 1. The van der Waals surface area contributed by atoms with Crippen LogP contribution in [0.3, 0.4) is 0 Å². The summed E-state index contributed by atoms with van der Waals surface area (Å²) in [5.74, 6) is 0.812. The zero-order valence-electron chi connectivity index (χ0n) is 16.8. The van der Waals surface area contributed by atoms with Crippen molar-refractivity contribution in [3.05, 3.63) is 65.2 Å². The van der Waals surface area contributed by atoms with Crippen LogP contribution in [0.15, 0.2) is 48.5 Å². The number of amides is 2. The summed E-state index contributed by atoms with van der Waals surface area (Å²) in [6.45, 7) is 6.63. The van der Waals surface area contributed by atoms with Gasteiger partial charge in [0.2, 0.25) is 0 Å². The van der Waals surface area contributed by atoms with Gasteiger partial charge in [-0.15, -0.1) is 0 Å². The van der Waals surface area contributed by atoms with E-state index in [0.29, 0.717) is 6.54 Å². The molecule has 2 aromatic carbocycles. The van der Waals surface area contributed by atoms with E-state index in [1.807, 2.05) is 36.4 Å².